The lowest BCUT2D eigenvalue weighted by Crippen LogP contribution is -1.93. The molecule has 2 nitrogen and oxygen atoms in total. The molecule has 0 saturated carbocycles. The summed E-state index contributed by atoms with van der Waals surface area (Å²) >= 11 is 0. The Morgan fingerprint density at radius 3 is 1.92 bits per heavy atom. The van der Waals surface area contributed by atoms with Crippen molar-refractivity contribution >= 4 is 0 Å². The fourth-order valence-corrected chi connectivity index (χ4v) is 1.73. The van der Waals surface area contributed by atoms with Crippen LogP contribution in [0.5, 0.6) is 0 Å². The molecule has 1 fully saturated rings. The smallest absolute Gasteiger partial charge is 0.160 e. The zero-order chi connectivity index (χ0) is 8.55. The second-order valence-electron chi connectivity index (χ2n) is 3.45. The Hall–Kier alpha value is -0.920. The highest BCUT2D eigenvalue weighted by Crippen LogP contribution is 2.34. The van der Waals surface area contributed by atoms with Gasteiger partial charge in [0.05, 0.1) is 13.2 Å². The standard InChI is InChI=1S/C10H14O2/c1-7-6-8(2)10-9(7)11-4-3-5-12-10/h3-6H2,1-2H3. The number of hydrogen-bond acceptors (Lipinski definition) is 2. The first-order valence-electron chi connectivity index (χ1n) is 4.44. The molecule has 0 amide bonds. The third kappa shape index (κ3) is 1.11. The molecule has 1 aliphatic carbocycles. The zero-order valence-electron chi connectivity index (χ0n) is 7.64. The summed E-state index contributed by atoms with van der Waals surface area (Å²) < 4.78 is 11.2. The largest absolute Gasteiger partial charge is 0.490 e. The van der Waals surface area contributed by atoms with E-state index in [4.69, 9.17) is 9.47 Å². The summed E-state index contributed by atoms with van der Waals surface area (Å²) in [5, 5.41) is 0. The zero-order valence-corrected chi connectivity index (χ0v) is 7.64. The van der Waals surface area contributed by atoms with Crippen molar-refractivity contribution in [1.29, 1.82) is 0 Å². The summed E-state index contributed by atoms with van der Waals surface area (Å²) in [6.45, 7) is 5.81. The first-order valence-corrected chi connectivity index (χ1v) is 4.44. The van der Waals surface area contributed by atoms with Crippen LogP contribution in [0.15, 0.2) is 22.7 Å². The van der Waals surface area contributed by atoms with Crippen molar-refractivity contribution in [3.05, 3.63) is 22.7 Å². The summed E-state index contributed by atoms with van der Waals surface area (Å²) in [5.74, 6) is 2.01. The molecule has 0 unspecified atom stereocenters. The van der Waals surface area contributed by atoms with Gasteiger partial charge in [0.2, 0.25) is 0 Å². The molecular formula is C10H14O2. The number of fused-ring (bicyclic) bond motifs is 1. The lowest BCUT2D eigenvalue weighted by molar-refractivity contribution is 0.219. The Morgan fingerprint density at radius 1 is 0.917 bits per heavy atom. The van der Waals surface area contributed by atoms with E-state index in [1.807, 2.05) is 0 Å². The van der Waals surface area contributed by atoms with Crippen LogP contribution in [0.3, 0.4) is 0 Å². The number of ether oxygens (including phenoxy) is 2. The van der Waals surface area contributed by atoms with Crippen LogP contribution < -0.4 is 0 Å². The average molecular weight is 166 g/mol. The van der Waals surface area contributed by atoms with E-state index in [1.54, 1.807) is 0 Å². The van der Waals surface area contributed by atoms with Crippen LogP contribution in [0.25, 0.3) is 0 Å². The number of allylic oxidation sites excluding steroid dienone is 2. The monoisotopic (exact) mass is 166 g/mol. The van der Waals surface area contributed by atoms with Crippen LogP contribution in [0.1, 0.15) is 26.7 Å². The molecule has 66 valence electrons. The van der Waals surface area contributed by atoms with Crippen molar-refractivity contribution in [3.63, 3.8) is 0 Å². The molecule has 0 N–H and O–H groups in total. The molecule has 1 saturated heterocycles. The van der Waals surface area contributed by atoms with Crippen LogP contribution in [0.2, 0.25) is 0 Å². The van der Waals surface area contributed by atoms with Crippen LogP contribution >= 0.6 is 0 Å². The van der Waals surface area contributed by atoms with Gasteiger partial charge in [-0.05, 0) is 31.4 Å². The first-order chi connectivity index (χ1) is 5.79. The van der Waals surface area contributed by atoms with Crippen molar-refractivity contribution in [2.24, 2.45) is 0 Å². The van der Waals surface area contributed by atoms with E-state index in [0.717, 1.165) is 37.6 Å². The number of rotatable bonds is 0. The third-order valence-corrected chi connectivity index (χ3v) is 2.29. The first kappa shape index (κ1) is 7.71. The van der Waals surface area contributed by atoms with Crippen molar-refractivity contribution in [2.45, 2.75) is 26.7 Å². The fraction of sp³-hybridized carbons (Fsp3) is 0.600. The fourth-order valence-electron chi connectivity index (χ4n) is 1.73. The molecule has 2 rings (SSSR count). The molecule has 0 aromatic rings. The van der Waals surface area contributed by atoms with Gasteiger partial charge >= 0.3 is 0 Å². The quantitative estimate of drug-likeness (QED) is 0.550. The van der Waals surface area contributed by atoms with Crippen molar-refractivity contribution in [2.75, 3.05) is 13.2 Å². The van der Waals surface area contributed by atoms with E-state index in [9.17, 15) is 0 Å². The van der Waals surface area contributed by atoms with E-state index in [1.165, 1.54) is 11.1 Å². The maximum atomic E-state index is 5.61. The Kier molecular flexibility index (Phi) is 1.83. The minimum absolute atomic E-state index is 0.795. The average Bonchev–Trinajstić information content (AvgIpc) is 2.29. The SMILES string of the molecule is CC1=C2OCCCOC2=C(C)C1. The molecule has 1 heterocycles. The molecule has 0 spiro atoms. The van der Waals surface area contributed by atoms with Crippen LogP contribution in [0.4, 0.5) is 0 Å². The highest BCUT2D eigenvalue weighted by Gasteiger charge is 2.24. The highest BCUT2D eigenvalue weighted by molar-refractivity contribution is 5.39. The molecule has 0 atom stereocenters. The molecule has 0 radical (unpaired) electrons. The minimum atomic E-state index is 0.795. The predicted molar refractivity (Wildman–Crippen MR) is 46.5 cm³/mol. The lowest BCUT2D eigenvalue weighted by atomic mass is 10.2. The maximum absolute atomic E-state index is 5.61. The van der Waals surface area contributed by atoms with E-state index >= 15 is 0 Å². The molecule has 2 aliphatic rings. The Labute approximate surface area is 72.9 Å². The lowest BCUT2D eigenvalue weighted by Gasteiger charge is -2.06. The van der Waals surface area contributed by atoms with Gasteiger partial charge in [-0.25, -0.2) is 0 Å². The van der Waals surface area contributed by atoms with Gasteiger partial charge < -0.3 is 9.47 Å². The van der Waals surface area contributed by atoms with Crippen molar-refractivity contribution in [3.8, 4) is 0 Å². The Morgan fingerprint density at radius 2 is 1.42 bits per heavy atom. The molecule has 2 heteroatoms. The van der Waals surface area contributed by atoms with Gasteiger partial charge in [0, 0.05) is 6.42 Å². The maximum Gasteiger partial charge on any atom is 0.160 e. The molecule has 1 aliphatic heterocycles. The second kappa shape index (κ2) is 2.85. The third-order valence-electron chi connectivity index (χ3n) is 2.29. The summed E-state index contributed by atoms with van der Waals surface area (Å²) in [5.41, 5.74) is 2.62. The summed E-state index contributed by atoms with van der Waals surface area (Å²) in [6, 6.07) is 0. The Balaban J connectivity index is 2.32. The molecule has 0 bridgehead atoms. The second-order valence-corrected chi connectivity index (χ2v) is 3.45. The molecular weight excluding hydrogens is 152 g/mol. The van der Waals surface area contributed by atoms with Crippen molar-refractivity contribution < 1.29 is 9.47 Å². The minimum Gasteiger partial charge on any atom is -0.490 e. The van der Waals surface area contributed by atoms with Crippen molar-refractivity contribution in [1.82, 2.24) is 0 Å². The summed E-state index contributed by atoms with van der Waals surface area (Å²) in [4.78, 5) is 0. The number of hydrogen-bond donors (Lipinski definition) is 0. The van der Waals surface area contributed by atoms with E-state index < -0.39 is 0 Å². The van der Waals surface area contributed by atoms with E-state index in [2.05, 4.69) is 13.8 Å². The van der Waals surface area contributed by atoms with Gasteiger partial charge in [0.1, 0.15) is 0 Å². The molecule has 12 heavy (non-hydrogen) atoms. The highest BCUT2D eigenvalue weighted by atomic mass is 16.5. The van der Waals surface area contributed by atoms with Crippen LogP contribution in [0, 0.1) is 0 Å². The van der Waals surface area contributed by atoms with Gasteiger partial charge in [0.15, 0.2) is 11.5 Å². The summed E-state index contributed by atoms with van der Waals surface area (Å²) in [7, 11) is 0. The predicted octanol–water partition coefficient (Wildman–Crippen LogP) is 2.38. The normalized spacial score (nSPS) is 23.2. The molecule has 0 aromatic heterocycles. The van der Waals surface area contributed by atoms with Crippen LogP contribution in [-0.2, 0) is 9.47 Å². The topological polar surface area (TPSA) is 18.5 Å². The van der Waals surface area contributed by atoms with Gasteiger partial charge in [-0.2, -0.15) is 0 Å². The van der Waals surface area contributed by atoms with Gasteiger partial charge in [-0.15, -0.1) is 0 Å². The molecule has 0 aromatic carbocycles. The van der Waals surface area contributed by atoms with Gasteiger partial charge in [-0.1, -0.05) is 0 Å². The Bertz CT molecular complexity index is 235. The van der Waals surface area contributed by atoms with E-state index in [-0.39, 0.29) is 0 Å². The summed E-state index contributed by atoms with van der Waals surface area (Å²) in [6.07, 6.45) is 2.01. The van der Waals surface area contributed by atoms with Crippen LogP contribution in [-0.4, -0.2) is 13.2 Å². The van der Waals surface area contributed by atoms with E-state index in [0.29, 0.717) is 0 Å². The van der Waals surface area contributed by atoms with Gasteiger partial charge in [-0.3, -0.25) is 0 Å². The van der Waals surface area contributed by atoms with Gasteiger partial charge in [0.25, 0.3) is 0 Å².